The number of carbonyl (C=O) groups excluding carboxylic acids is 1. The van der Waals surface area contributed by atoms with Gasteiger partial charge in [0.15, 0.2) is 5.78 Å². The third-order valence-corrected chi connectivity index (χ3v) is 10.1. The summed E-state index contributed by atoms with van der Waals surface area (Å²) in [6.07, 6.45) is 5.90. The van der Waals surface area contributed by atoms with Gasteiger partial charge in [0, 0.05) is 59.9 Å². The Morgan fingerprint density at radius 2 is 1.54 bits per heavy atom. The Morgan fingerprint density at radius 3 is 2.17 bits per heavy atom. The second kappa shape index (κ2) is 17.3. The maximum absolute atomic E-state index is 11.7. The summed E-state index contributed by atoms with van der Waals surface area (Å²) in [5.74, 6) is 1.80. The number of hydrogen-bond acceptors (Lipinski definition) is 5. The number of aryl methyl sites for hydroxylation is 1. The number of allylic oxidation sites excluding steroid dienone is 2. The molecule has 0 saturated heterocycles. The van der Waals surface area contributed by atoms with E-state index in [4.69, 9.17) is 14.4 Å². The molecule has 52 heavy (non-hydrogen) atoms. The molecule has 6 heteroatoms. The summed E-state index contributed by atoms with van der Waals surface area (Å²) in [6, 6.07) is 25.3. The molecule has 277 valence electrons. The van der Waals surface area contributed by atoms with Crippen molar-refractivity contribution < 1.29 is 34.4 Å². The van der Waals surface area contributed by atoms with Crippen LogP contribution in [0.3, 0.4) is 0 Å². The minimum atomic E-state index is -0.0228. The molecule has 0 unspecified atom stereocenters. The Morgan fingerprint density at radius 1 is 0.865 bits per heavy atom. The van der Waals surface area contributed by atoms with Gasteiger partial charge in [0.05, 0.1) is 5.76 Å². The summed E-state index contributed by atoms with van der Waals surface area (Å²) in [6.45, 7) is 21.3. The van der Waals surface area contributed by atoms with Crippen molar-refractivity contribution in [1.29, 1.82) is 0 Å². The van der Waals surface area contributed by atoms with Crippen LogP contribution in [0.25, 0.3) is 54.9 Å². The largest absolute Gasteiger partial charge is 0.512 e. The summed E-state index contributed by atoms with van der Waals surface area (Å²) in [5, 5.41) is 16.5. The second-order valence-electron chi connectivity index (χ2n) is 15.3. The molecule has 2 aromatic heterocycles. The molecule has 0 aliphatic heterocycles. The van der Waals surface area contributed by atoms with Crippen LogP contribution < -0.4 is 0 Å². The summed E-state index contributed by atoms with van der Waals surface area (Å²) in [5.41, 5.74) is 5.97. The molecule has 0 bridgehead atoms. The minimum Gasteiger partial charge on any atom is -0.512 e. The van der Waals surface area contributed by atoms with Crippen LogP contribution in [-0.4, -0.2) is 20.9 Å². The fourth-order valence-electron chi connectivity index (χ4n) is 7.24. The number of nitrogens with zero attached hydrogens (tertiary/aromatic N) is 2. The number of rotatable bonds is 10. The third-order valence-electron chi connectivity index (χ3n) is 10.1. The normalized spacial score (nSPS) is 12.3. The quantitative estimate of drug-likeness (QED) is 0.0843. The first-order valence-corrected chi connectivity index (χ1v) is 18.8. The first-order chi connectivity index (χ1) is 24.3. The van der Waals surface area contributed by atoms with Crippen LogP contribution in [0.2, 0.25) is 0 Å². The van der Waals surface area contributed by atoms with Crippen molar-refractivity contribution in [2.24, 2.45) is 17.8 Å². The maximum atomic E-state index is 11.7. The van der Waals surface area contributed by atoms with E-state index in [1.165, 1.54) is 33.4 Å². The molecule has 0 spiro atoms. The molecule has 2 heterocycles. The molecule has 1 radical (unpaired) electrons. The summed E-state index contributed by atoms with van der Waals surface area (Å²) < 4.78 is 6.55. The van der Waals surface area contributed by atoms with Gasteiger partial charge >= 0.3 is 0 Å². The SMILES string of the molecule is CCC(CC)C(=O)/C=C(\O)C(CC)CC.Cc1nc(-c2[c-]c3ccccc3c(C(C)(C)C)c2)c2c(n1)oc1c2ccc2cccc(CC(C)C)c21.[Ir]. The monoisotopic (exact) mass is 876 g/mol. The Labute approximate surface area is 323 Å². The van der Waals surface area contributed by atoms with Gasteiger partial charge in [-0.05, 0) is 61.3 Å². The van der Waals surface area contributed by atoms with Gasteiger partial charge in [-0.1, -0.05) is 122 Å². The summed E-state index contributed by atoms with van der Waals surface area (Å²) in [7, 11) is 0. The van der Waals surface area contributed by atoms with E-state index in [1.807, 2.05) is 34.6 Å². The van der Waals surface area contributed by atoms with Gasteiger partial charge in [-0.3, -0.25) is 9.78 Å². The number of hydrogen-bond donors (Lipinski definition) is 1. The number of carbonyl (C=O) groups is 1. The molecular formula is C46H55IrN2O3-. The Kier molecular flexibility index (Phi) is 13.6. The van der Waals surface area contributed by atoms with Gasteiger partial charge in [-0.2, -0.15) is 4.98 Å². The van der Waals surface area contributed by atoms with Gasteiger partial charge in [-0.25, -0.2) is 0 Å². The Bertz CT molecular complexity index is 2200. The number of fused-ring (bicyclic) bond motifs is 6. The molecule has 0 amide bonds. The van der Waals surface area contributed by atoms with Crippen molar-refractivity contribution in [2.45, 2.75) is 107 Å². The maximum Gasteiger partial charge on any atom is 0.223 e. The molecule has 6 rings (SSSR count). The number of ketones is 1. The van der Waals surface area contributed by atoms with Crippen LogP contribution in [0.15, 0.2) is 76.9 Å². The van der Waals surface area contributed by atoms with Crippen molar-refractivity contribution in [3.8, 4) is 11.3 Å². The topological polar surface area (TPSA) is 76.2 Å². The molecule has 0 atom stereocenters. The van der Waals surface area contributed by atoms with Crippen LogP contribution in [0.1, 0.15) is 105 Å². The molecular weight excluding hydrogens is 821 g/mol. The van der Waals surface area contributed by atoms with Gasteiger partial charge in [0.1, 0.15) is 11.4 Å². The van der Waals surface area contributed by atoms with Crippen LogP contribution in [0.5, 0.6) is 0 Å². The van der Waals surface area contributed by atoms with Gasteiger partial charge in [0.2, 0.25) is 5.71 Å². The summed E-state index contributed by atoms with van der Waals surface area (Å²) >= 11 is 0. The zero-order valence-electron chi connectivity index (χ0n) is 32.6. The second-order valence-corrected chi connectivity index (χ2v) is 15.3. The number of aromatic nitrogens is 2. The molecule has 4 aromatic carbocycles. The molecule has 0 aliphatic carbocycles. The van der Waals surface area contributed by atoms with E-state index in [0.717, 1.165) is 65.1 Å². The van der Waals surface area contributed by atoms with Crippen molar-refractivity contribution in [3.05, 3.63) is 95.5 Å². The molecule has 1 N–H and O–H groups in total. The fraction of sp³-hybridized carbons (Fsp3) is 0.413. The first kappa shape index (κ1) is 40.9. The smallest absolute Gasteiger partial charge is 0.223 e. The fourth-order valence-corrected chi connectivity index (χ4v) is 7.24. The number of aliphatic hydroxyl groups excluding tert-OH is 1. The summed E-state index contributed by atoms with van der Waals surface area (Å²) in [4.78, 5) is 21.4. The van der Waals surface area contributed by atoms with Crippen LogP contribution >= 0.6 is 0 Å². The van der Waals surface area contributed by atoms with E-state index in [2.05, 4.69) is 101 Å². The van der Waals surface area contributed by atoms with Gasteiger partial charge < -0.3 is 9.52 Å². The van der Waals surface area contributed by atoms with Crippen LogP contribution in [-0.2, 0) is 36.7 Å². The van der Waals surface area contributed by atoms with E-state index in [-0.39, 0.29) is 48.9 Å². The van der Waals surface area contributed by atoms with Crippen LogP contribution in [0, 0.1) is 30.7 Å². The number of benzene rings is 4. The Balaban J connectivity index is 0.000000323. The van der Waals surface area contributed by atoms with E-state index in [0.29, 0.717) is 17.5 Å². The zero-order chi connectivity index (χ0) is 37.0. The molecule has 6 aromatic rings. The van der Waals surface area contributed by atoms with E-state index < -0.39 is 0 Å². The molecule has 0 fully saturated rings. The average Bonchev–Trinajstić information content (AvgIpc) is 3.46. The number of aliphatic hydroxyl groups is 1. The average molecular weight is 876 g/mol. The molecule has 5 nitrogen and oxygen atoms in total. The van der Waals surface area contributed by atoms with Crippen molar-refractivity contribution in [2.75, 3.05) is 0 Å². The minimum absolute atomic E-state index is 0. The Hall–Kier alpha value is -3.86. The van der Waals surface area contributed by atoms with Crippen molar-refractivity contribution in [3.63, 3.8) is 0 Å². The zero-order valence-corrected chi connectivity index (χ0v) is 35.0. The van der Waals surface area contributed by atoms with Crippen molar-refractivity contribution >= 4 is 49.4 Å². The van der Waals surface area contributed by atoms with Crippen molar-refractivity contribution in [1.82, 2.24) is 9.97 Å². The van der Waals surface area contributed by atoms with E-state index in [1.54, 1.807) is 0 Å². The predicted octanol–water partition coefficient (Wildman–Crippen LogP) is 12.8. The van der Waals surface area contributed by atoms with Gasteiger partial charge in [0.25, 0.3) is 0 Å². The standard InChI is InChI=1S/C33H31N2O.C13H24O2.Ir/c1-19(2)16-23-12-9-11-21-14-15-26-29-30(34-20(3)35-32(29)36-31(26)28(21)23)24-17-22-10-7-8-13-25(22)27(18-24)33(4,5)6;1-5-10(6-2)12(14)9-13(15)11(7-3)8-4;/h7-15,18-19H,16H2,1-6H3;9-11,14H,5-8H2,1-4H3;/q-1;;/b;12-9-;. The van der Waals surface area contributed by atoms with Crippen LogP contribution in [0.4, 0.5) is 0 Å². The third kappa shape index (κ3) is 8.67. The molecule has 0 aliphatic rings. The molecule has 0 saturated carbocycles. The first-order valence-electron chi connectivity index (χ1n) is 18.8. The number of furan rings is 1. The van der Waals surface area contributed by atoms with Gasteiger partial charge in [-0.15, -0.1) is 29.1 Å². The predicted molar refractivity (Wildman–Crippen MR) is 214 cm³/mol. The van der Waals surface area contributed by atoms with E-state index in [9.17, 15) is 9.90 Å². The van der Waals surface area contributed by atoms with E-state index >= 15 is 0 Å².